The molecule has 1 heterocycles. The standard InChI is InChI=1S/C16H16O3/c17-10-15-7-8-16(19-15)11-18-14-6-5-12-3-1-2-4-13(12)9-14/h5-10H,1-4,11H2. The van der Waals surface area contributed by atoms with Gasteiger partial charge in [0.15, 0.2) is 12.0 Å². The fourth-order valence-electron chi connectivity index (χ4n) is 2.49. The predicted molar refractivity (Wildman–Crippen MR) is 71.5 cm³/mol. The molecule has 0 amide bonds. The van der Waals surface area contributed by atoms with Crippen molar-refractivity contribution in [1.82, 2.24) is 0 Å². The summed E-state index contributed by atoms with van der Waals surface area (Å²) in [6.07, 6.45) is 5.56. The van der Waals surface area contributed by atoms with Crippen molar-refractivity contribution in [2.75, 3.05) is 0 Å². The number of carbonyl (C=O) groups excluding carboxylic acids is 1. The van der Waals surface area contributed by atoms with Crippen molar-refractivity contribution in [2.24, 2.45) is 0 Å². The maximum atomic E-state index is 10.5. The molecule has 0 saturated carbocycles. The third-order valence-corrected chi connectivity index (χ3v) is 3.50. The fraction of sp³-hybridized carbons (Fsp3) is 0.312. The molecule has 3 rings (SSSR count). The van der Waals surface area contributed by atoms with Crippen LogP contribution in [0.25, 0.3) is 0 Å². The van der Waals surface area contributed by atoms with Crippen LogP contribution in [-0.4, -0.2) is 6.29 Å². The summed E-state index contributed by atoms with van der Waals surface area (Å²) in [7, 11) is 0. The maximum absolute atomic E-state index is 10.5. The van der Waals surface area contributed by atoms with Gasteiger partial charge in [0.25, 0.3) is 0 Å². The molecule has 0 atom stereocenters. The second-order valence-electron chi connectivity index (χ2n) is 4.85. The van der Waals surface area contributed by atoms with Gasteiger partial charge in [0.05, 0.1) is 0 Å². The van der Waals surface area contributed by atoms with E-state index in [1.807, 2.05) is 6.07 Å². The minimum atomic E-state index is 0.337. The monoisotopic (exact) mass is 256 g/mol. The lowest BCUT2D eigenvalue weighted by atomic mass is 9.92. The third kappa shape index (κ3) is 2.70. The number of furan rings is 1. The van der Waals surface area contributed by atoms with Gasteiger partial charge in [-0.05, 0) is 61.1 Å². The van der Waals surface area contributed by atoms with Crippen molar-refractivity contribution in [3.8, 4) is 5.75 Å². The van der Waals surface area contributed by atoms with E-state index in [0.29, 0.717) is 24.4 Å². The van der Waals surface area contributed by atoms with Crippen LogP contribution in [0.15, 0.2) is 34.7 Å². The number of carbonyl (C=O) groups is 1. The number of aryl methyl sites for hydroxylation is 2. The first-order valence-electron chi connectivity index (χ1n) is 6.63. The normalized spacial score (nSPS) is 13.9. The highest BCUT2D eigenvalue weighted by molar-refractivity contribution is 5.70. The lowest BCUT2D eigenvalue weighted by Gasteiger charge is -2.16. The van der Waals surface area contributed by atoms with Crippen LogP contribution in [0.4, 0.5) is 0 Å². The summed E-state index contributed by atoms with van der Waals surface area (Å²) in [5.74, 6) is 1.87. The molecule has 1 aliphatic rings. The first-order chi connectivity index (χ1) is 9.35. The van der Waals surface area contributed by atoms with Gasteiger partial charge in [-0.25, -0.2) is 0 Å². The van der Waals surface area contributed by atoms with Crippen LogP contribution < -0.4 is 4.74 Å². The molecular weight excluding hydrogens is 240 g/mol. The van der Waals surface area contributed by atoms with Crippen molar-refractivity contribution < 1.29 is 13.9 Å². The first-order valence-corrected chi connectivity index (χ1v) is 6.63. The predicted octanol–water partition coefficient (Wildman–Crippen LogP) is 3.55. The molecule has 2 aromatic rings. The van der Waals surface area contributed by atoms with E-state index in [1.165, 1.54) is 30.4 Å². The van der Waals surface area contributed by atoms with Gasteiger partial charge in [0.2, 0.25) is 0 Å². The zero-order chi connectivity index (χ0) is 13.1. The van der Waals surface area contributed by atoms with Crippen molar-refractivity contribution in [2.45, 2.75) is 32.3 Å². The summed E-state index contributed by atoms with van der Waals surface area (Å²) >= 11 is 0. The number of hydrogen-bond donors (Lipinski definition) is 0. The Kier molecular flexibility index (Phi) is 3.36. The van der Waals surface area contributed by atoms with Gasteiger partial charge in [-0.15, -0.1) is 0 Å². The van der Waals surface area contributed by atoms with Crippen LogP contribution in [0, 0.1) is 0 Å². The quantitative estimate of drug-likeness (QED) is 0.785. The topological polar surface area (TPSA) is 39.4 Å². The van der Waals surface area contributed by atoms with Gasteiger partial charge >= 0.3 is 0 Å². The second kappa shape index (κ2) is 5.31. The average Bonchev–Trinajstić information content (AvgIpc) is 2.93. The molecule has 1 aliphatic carbocycles. The second-order valence-corrected chi connectivity index (χ2v) is 4.85. The van der Waals surface area contributed by atoms with Crippen molar-refractivity contribution in [3.05, 3.63) is 53.0 Å². The van der Waals surface area contributed by atoms with Gasteiger partial charge in [0.1, 0.15) is 18.1 Å². The van der Waals surface area contributed by atoms with E-state index in [2.05, 4.69) is 12.1 Å². The molecule has 1 aromatic carbocycles. The van der Waals surface area contributed by atoms with Crippen LogP contribution in [-0.2, 0) is 19.4 Å². The molecule has 0 unspecified atom stereocenters. The van der Waals surface area contributed by atoms with E-state index in [4.69, 9.17) is 9.15 Å². The van der Waals surface area contributed by atoms with E-state index >= 15 is 0 Å². The van der Waals surface area contributed by atoms with Crippen LogP contribution in [0.5, 0.6) is 5.75 Å². The minimum Gasteiger partial charge on any atom is -0.486 e. The third-order valence-electron chi connectivity index (χ3n) is 3.50. The van der Waals surface area contributed by atoms with Gasteiger partial charge in [0, 0.05) is 0 Å². The molecule has 0 N–H and O–H groups in total. The number of ether oxygens (including phenoxy) is 1. The minimum absolute atomic E-state index is 0.337. The molecule has 0 radical (unpaired) electrons. The molecule has 0 bridgehead atoms. The molecule has 98 valence electrons. The molecule has 0 aliphatic heterocycles. The van der Waals surface area contributed by atoms with Crippen LogP contribution in [0.2, 0.25) is 0 Å². The zero-order valence-corrected chi connectivity index (χ0v) is 10.7. The highest BCUT2D eigenvalue weighted by Gasteiger charge is 2.10. The Hall–Kier alpha value is -2.03. The number of benzene rings is 1. The summed E-state index contributed by atoms with van der Waals surface area (Å²) in [5, 5.41) is 0. The highest BCUT2D eigenvalue weighted by atomic mass is 16.5. The van der Waals surface area contributed by atoms with E-state index in [0.717, 1.165) is 12.2 Å². The lowest BCUT2D eigenvalue weighted by Crippen LogP contribution is -2.03. The summed E-state index contributed by atoms with van der Waals surface area (Å²) in [6.45, 7) is 0.354. The highest BCUT2D eigenvalue weighted by Crippen LogP contribution is 2.25. The Bertz CT molecular complexity index is 583. The summed E-state index contributed by atoms with van der Waals surface area (Å²) < 4.78 is 11.0. The zero-order valence-electron chi connectivity index (χ0n) is 10.7. The fourth-order valence-corrected chi connectivity index (χ4v) is 2.49. The lowest BCUT2D eigenvalue weighted by molar-refractivity contribution is 0.109. The molecule has 1 aromatic heterocycles. The van der Waals surface area contributed by atoms with Crippen LogP contribution in [0.1, 0.15) is 40.3 Å². The number of fused-ring (bicyclic) bond motifs is 1. The Morgan fingerprint density at radius 1 is 1.11 bits per heavy atom. The Morgan fingerprint density at radius 2 is 1.95 bits per heavy atom. The largest absolute Gasteiger partial charge is 0.486 e. The van der Waals surface area contributed by atoms with E-state index in [9.17, 15) is 4.79 Å². The van der Waals surface area contributed by atoms with Crippen LogP contribution >= 0.6 is 0 Å². The van der Waals surface area contributed by atoms with Gasteiger partial charge in [-0.2, -0.15) is 0 Å². The summed E-state index contributed by atoms with van der Waals surface area (Å²) in [5.41, 5.74) is 2.84. The van der Waals surface area contributed by atoms with E-state index in [1.54, 1.807) is 12.1 Å². The van der Waals surface area contributed by atoms with E-state index in [-0.39, 0.29) is 0 Å². The molecule has 0 saturated heterocycles. The Balaban J connectivity index is 1.68. The molecule has 3 heteroatoms. The first kappa shape index (κ1) is 12.0. The van der Waals surface area contributed by atoms with Gasteiger partial charge in [-0.1, -0.05) is 6.07 Å². The molecule has 0 fully saturated rings. The summed E-state index contributed by atoms with van der Waals surface area (Å²) in [6, 6.07) is 9.70. The molecule has 0 spiro atoms. The van der Waals surface area contributed by atoms with Crippen LogP contribution in [0.3, 0.4) is 0 Å². The smallest absolute Gasteiger partial charge is 0.185 e. The van der Waals surface area contributed by atoms with Crippen molar-refractivity contribution >= 4 is 6.29 Å². The van der Waals surface area contributed by atoms with E-state index < -0.39 is 0 Å². The molecular formula is C16H16O3. The Morgan fingerprint density at radius 3 is 2.74 bits per heavy atom. The molecule has 19 heavy (non-hydrogen) atoms. The number of hydrogen-bond acceptors (Lipinski definition) is 3. The molecule has 3 nitrogen and oxygen atoms in total. The van der Waals surface area contributed by atoms with Crippen molar-refractivity contribution in [1.29, 1.82) is 0 Å². The summed E-state index contributed by atoms with van der Waals surface area (Å²) in [4.78, 5) is 10.5. The van der Waals surface area contributed by atoms with Crippen molar-refractivity contribution in [3.63, 3.8) is 0 Å². The Labute approximate surface area is 112 Å². The van der Waals surface area contributed by atoms with Gasteiger partial charge in [-0.3, -0.25) is 4.79 Å². The maximum Gasteiger partial charge on any atom is 0.185 e. The SMILES string of the molecule is O=Cc1ccc(COc2ccc3c(c2)CCCC3)o1. The average molecular weight is 256 g/mol. The number of rotatable bonds is 4. The number of aldehydes is 1. The van der Waals surface area contributed by atoms with Gasteiger partial charge < -0.3 is 9.15 Å².